The van der Waals surface area contributed by atoms with Crippen molar-refractivity contribution in [1.29, 1.82) is 0 Å². The molecule has 1 unspecified atom stereocenters. The van der Waals surface area contributed by atoms with Crippen molar-refractivity contribution in [3.05, 3.63) is 39.6 Å². The van der Waals surface area contributed by atoms with Crippen LogP contribution < -0.4 is 15.4 Å². The molecule has 0 bridgehead atoms. The maximum atomic E-state index is 13.0. The largest absolute Gasteiger partial charge is 0.487 e. The molecule has 13 heteroatoms. The second-order valence-electron chi connectivity index (χ2n) is 8.03. The van der Waals surface area contributed by atoms with E-state index in [2.05, 4.69) is 36.9 Å². The maximum absolute atomic E-state index is 13.0. The molecule has 180 valence electrons. The number of aromatic nitrogens is 3. The first-order valence-electron chi connectivity index (χ1n) is 10.8. The quantitative estimate of drug-likeness (QED) is 0.322. The van der Waals surface area contributed by atoms with Crippen LogP contribution in [-0.2, 0) is 29.3 Å². The smallest absolute Gasteiger partial charge is 0.404 e. The lowest BCUT2D eigenvalue weighted by Gasteiger charge is -2.29. The number of imide groups is 1. The highest BCUT2D eigenvalue weighted by molar-refractivity contribution is 9.10. The fraction of sp³-hybridized carbons (Fsp3) is 0.429. The Morgan fingerprint density at radius 1 is 1.29 bits per heavy atom. The molecule has 2 aliphatic heterocycles. The Morgan fingerprint density at radius 2 is 2.12 bits per heavy atom. The molecule has 0 spiro atoms. The topological polar surface area (TPSA) is 156 Å². The number of fused-ring (bicyclic) bond motifs is 1. The first kappa shape index (κ1) is 23.7. The number of nitrogens with zero attached hydrogens (tertiary/aromatic N) is 4. The molecule has 4 amide bonds. The van der Waals surface area contributed by atoms with Gasteiger partial charge in [-0.05, 0) is 31.4 Å². The molecule has 34 heavy (non-hydrogen) atoms. The van der Waals surface area contributed by atoms with Crippen LogP contribution in [0.15, 0.2) is 22.8 Å². The highest BCUT2D eigenvalue weighted by Crippen LogP contribution is 2.36. The second-order valence-corrected chi connectivity index (χ2v) is 8.95. The summed E-state index contributed by atoms with van der Waals surface area (Å²) >= 11 is 3.41. The number of rotatable bonds is 9. The van der Waals surface area contributed by atoms with Gasteiger partial charge >= 0.3 is 6.09 Å². The van der Waals surface area contributed by atoms with Crippen LogP contribution >= 0.6 is 15.9 Å². The lowest BCUT2D eigenvalue weighted by Crippen LogP contribution is -2.52. The summed E-state index contributed by atoms with van der Waals surface area (Å²) in [6.45, 7) is 1.31. The number of ether oxygens (including phenoxy) is 1. The van der Waals surface area contributed by atoms with Gasteiger partial charge in [0.2, 0.25) is 11.8 Å². The van der Waals surface area contributed by atoms with Crippen molar-refractivity contribution in [3.8, 4) is 5.75 Å². The van der Waals surface area contributed by atoms with Gasteiger partial charge in [-0.2, -0.15) is 0 Å². The number of aryl methyl sites for hydroxylation is 1. The molecule has 0 radical (unpaired) electrons. The summed E-state index contributed by atoms with van der Waals surface area (Å²) in [5.74, 6) is -0.572. The summed E-state index contributed by atoms with van der Waals surface area (Å²) in [5.41, 5.74) is 1.73. The van der Waals surface area contributed by atoms with Crippen LogP contribution in [0, 0.1) is 0 Å². The number of carbonyl (C=O) groups is 4. The molecule has 1 fully saturated rings. The van der Waals surface area contributed by atoms with Crippen LogP contribution in [0.25, 0.3) is 0 Å². The molecule has 3 N–H and O–H groups in total. The number of hydrogen-bond donors (Lipinski definition) is 3. The van der Waals surface area contributed by atoms with Crippen molar-refractivity contribution in [2.24, 2.45) is 0 Å². The lowest BCUT2D eigenvalue weighted by molar-refractivity contribution is -0.136. The van der Waals surface area contributed by atoms with E-state index in [-0.39, 0.29) is 37.8 Å². The van der Waals surface area contributed by atoms with Crippen molar-refractivity contribution in [3.63, 3.8) is 0 Å². The number of unbranched alkanes of at least 4 members (excludes halogenated alkanes) is 1. The van der Waals surface area contributed by atoms with Crippen molar-refractivity contribution in [2.75, 3.05) is 6.54 Å². The number of amides is 4. The molecule has 12 nitrogen and oxygen atoms in total. The van der Waals surface area contributed by atoms with Crippen molar-refractivity contribution in [2.45, 2.75) is 51.4 Å². The van der Waals surface area contributed by atoms with Crippen LogP contribution in [0.1, 0.15) is 47.3 Å². The van der Waals surface area contributed by atoms with E-state index in [4.69, 9.17) is 9.84 Å². The summed E-state index contributed by atoms with van der Waals surface area (Å²) in [5, 5.41) is 21.3. The Labute approximate surface area is 202 Å². The lowest BCUT2D eigenvalue weighted by atomic mass is 10.0. The molecule has 2 aromatic rings. The van der Waals surface area contributed by atoms with Gasteiger partial charge in [-0.1, -0.05) is 21.1 Å². The molecule has 1 saturated heterocycles. The van der Waals surface area contributed by atoms with Gasteiger partial charge in [-0.3, -0.25) is 24.4 Å². The highest BCUT2D eigenvalue weighted by atomic mass is 79.9. The van der Waals surface area contributed by atoms with E-state index in [9.17, 15) is 19.2 Å². The van der Waals surface area contributed by atoms with Gasteiger partial charge in [0, 0.05) is 35.1 Å². The van der Waals surface area contributed by atoms with E-state index in [0.29, 0.717) is 46.6 Å². The molecule has 3 heterocycles. The zero-order valence-corrected chi connectivity index (χ0v) is 19.7. The van der Waals surface area contributed by atoms with Crippen LogP contribution in [0.4, 0.5) is 4.79 Å². The first-order chi connectivity index (χ1) is 16.3. The summed E-state index contributed by atoms with van der Waals surface area (Å²) in [7, 11) is 0. The molecule has 1 atom stereocenters. The molecule has 4 rings (SSSR count). The Balaban J connectivity index is 1.38. The van der Waals surface area contributed by atoms with Gasteiger partial charge in [-0.25, -0.2) is 4.79 Å². The Hall–Kier alpha value is -3.48. The third-order valence-electron chi connectivity index (χ3n) is 5.63. The van der Waals surface area contributed by atoms with Gasteiger partial charge < -0.3 is 20.1 Å². The minimum Gasteiger partial charge on any atom is -0.487 e. The molecule has 0 saturated carbocycles. The van der Waals surface area contributed by atoms with Crippen LogP contribution in [0.5, 0.6) is 5.75 Å². The summed E-state index contributed by atoms with van der Waals surface area (Å²) in [4.78, 5) is 48.7. The number of piperidine rings is 1. The SMILES string of the molecule is O=C(O)NCCCCn1cc(COc2cc(Br)cc3c2CN(C2CCC(=O)NC2=O)C3=O)nn1. The van der Waals surface area contributed by atoms with Gasteiger partial charge in [-0.15, -0.1) is 5.10 Å². The molecular weight excluding hydrogens is 512 g/mol. The summed E-state index contributed by atoms with van der Waals surface area (Å²) in [6, 6.07) is 2.76. The molecule has 2 aliphatic rings. The van der Waals surface area contributed by atoms with Gasteiger partial charge in [0.05, 0.1) is 12.7 Å². The van der Waals surface area contributed by atoms with Gasteiger partial charge in [0.15, 0.2) is 0 Å². The Kier molecular flexibility index (Phi) is 7.10. The van der Waals surface area contributed by atoms with Crippen LogP contribution in [0.3, 0.4) is 0 Å². The Bertz CT molecular complexity index is 1130. The van der Waals surface area contributed by atoms with E-state index in [0.717, 1.165) is 6.42 Å². The van der Waals surface area contributed by atoms with Crippen LogP contribution in [0.2, 0.25) is 0 Å². The number of benzene rings is 1. The second kappa shape index (κ2) is 10.2. The molecule has 0 aliphatic carbocycles. The monoisotopic (exact) mass is 534 g/mol. The number of carbonyl (C=O) groups excluding carboxylic acids is 3. The molecule has 1 aromatic heterocycles. The minimum absolute atomic E-state index is 0.135. The number of hydrogen-bond acceptors (Lipinski definition) is 7. The standard InChI is InChI=1S/C21H23BrN6O6/c22-12-7-14-15(10-28(20(14)31)16-3-4-18(29)24-19(16)30)17(8-12)34-11-13-9-27(26-25-13)6-2-1-5-23-21(32)33/h7-9,16,23H,1-6,10-11H2,(H,32,33)(H,24,29,30). The zero-order valence-electron chi connectivity index (χ0n) is 18.1. The molecule has 1 aromatic carbocycles. The summed E-state index contributed by atoms with van der Waals surface area (Å²) in [6.07, 6.45) is 2.61. The predicted molar refractivity (Wildman–Crippen MR) is 120 cm³/mol. The average Bonchev–Trinajstić information content (AvgIpc) is 3.36. The van der Waals surface area contributed by atoms with Gasteiger partial charge in [0.25, 0.3) is 5.91 Å². The highest BCUT2D eigenvalue weighted by Gasteiger charge is 2.40. The molecular formula is C21H23BrN6O6. The maximum Gasteiger partial charge on any atom is 0.404 e. The number of halogens is 1. The Morgan fingerprint density at radius 3 is 2.88 bits per heavy atom. The number of carboxylic acid groups (broad SMARTS) is 1. The van der Waals surface area contributed by atoms with Crippen LogP contribution in [-0.4, -0.2) is 61.4 Å². The fourth-order valence-corrected chi connectivity index (χ4v) is 4.42. The predicted octanol–water partition coefficient (Wildman–Crippen LogP) is 1.43. The van der Waals surface area contributed by atoms with E-state index in [1.165, 1.54) is 4.90 Å². The van der Waals surface area contributed by atoms with Gasteiger partial charge in [0.1, 0.15) is 24.1 Å². The fourth-order valence-electron chi connectivity index (χ4n) is 3.98. The van der Waals surface area contributed by atoms with Crippen molar-refractivity contribution in [1.82, 2.24) is 30.5 Å². The number of nitrogens with one attached hydrogen (secondary N) is 2. The minimum atomic E-state index is -1.04. The summed E-state index contributed by atoms with van der Waals surface area (Å²) < 4.78 is 8.30. The van der Waals surface area contributed by atoms with E-state index in [1.807, 2.05) is 0 Å². The third kappa shape index (κ3) is 5.35. The van der Waals surface area contributed by atoms with Crippen molar-refractivity contribution < 1.29 is 29.0 Å². The first-order valence-corrected chi connectivity index (χ1v) is 11.6. The normalized spacial score (nSPS) is 17.5. The third-order valence-corrected chi connectivity index (χ3v) is 6.09. The zero-order chi connectivity index (χ0) is 24.2. The van der Waals surface area contributed by atoms with E-state index < -0.39 is 18.0 Å². The van der Waals surface area contributed by atoms with E-state index >= 15 is 0 Å². The van der Waals surface area contributed by atoms with E-state index in [1.54, 1.807) is 23.0 Å². The average molecular weight is 535 g/mol. The van der Waals surface area contributed by atoms with Crippen molar-refractivity contribution >= 4 is 39.7 Å².